The van der Waals surface area contributed by atoms with Crippen molar-refractivity contribution in [2.45, 2.75) is 25.8 Å². The normalized spacial score (nSPS) is 19.7. The Morgan fingerprint density at radius 3 is 2.38 bits per heavy atom. The summed E-state index contributed by atoms with van der Waals surface area (Å²) >= 11 is 0. The maximum atomic E-state index is 12.5. The Bertz CT molecular complexity index is 941. The number of rotatable bonds is 6. The van der Waals surface area contributed by atoms with Gasteiger partial charge in [-0.1, -0.05) is 60.7 Å². The molecular formula is C25H27N3O. The molecule has 0 aliphatic carbocycles. The number of likely N-dealkylation sites (tertiary alicyclic amines) is 1. The minimum absolute atomic E-state index is 0.199. The molecule has 1 fully saturated rings. The van der Waals surface area contributed by atoms with Crippen LogP contribution in [-0.4, -0.2) is 28.9 Å². The van der Waals surface area contributed by atoms with Gasteiger partial charge in [0.15, 0.2) is 0 Å². The second kappa shape index (κ2) is 8.58. The molecule has 1 aliphatic rings. The van der Waals surface area contributed by atoms with Crippen molar-refractivity contribution in [1.82, 2.24) is 9.88 Å². The molecule has 1 saturated heterocycles. The molecule has 4 heteroatoms. The van der Waals surface area contributed by atoms with Crippen molar-refractivity contribution in [3.8, 4) is 11.1 Å². The molecule has 0 spiro atoms. The molecule has 148 valence electrons. The summed E-state index contributed by atoms with van der Waals surface area (Å²) in [6.07, 6.45) is 4.30. The fourth-order valence-corrected chi connectivity index (χ4v) is 4.35. The van der Waals surface area contributed by atoms with Crippen LogP contribution in [0.5, 0.6) is 0 Å². The van der Waals surface area contributed by atoms with E-state index in [4.69, 9.17) is 5.73 Å². The summed E-state index contributed by atoms with van der Waals surface area (Å²) in [6.45, 7) is 2.40. The number of nitrogens with zero attached hydrogens (tertiary/aromatic N) is 2. The monoisotopic (exact) mass is 385 g/mol. The van der Waals surface area contributed by atoms with Gasteiger partial charge in [-0.2, -0.15) is 0 Å². The van der Waals surface area contributed by atoms with Crippen LogP contribution in [0.25, 0.3) is 11.1 Å². The molecule has 0 unspecified atom stereocenters. The lowest BCUT2D eigenvalue weighted by atomic mass is 9.74. The van der Waals surface area contributed by atoms with Crippen molar-refractivity contribution in [3.05, 3.63) is 90.3 Å². The van der Waals surface area contributed by atoms with Crippen LogP contribution < -0.4 is 5.73 Å². The summed E-state index contributed by atoms with van der Waals surface area (Å²) in [5.41, 5.74) is 9.98. The summed E-state index contributed by atoms with van der Waals surface area (Å²) in [4.78, 5) is 19.3. The Morgan fingerprint density at radius 2 is 1.69 bits per heavy atom. The third-order valence-electron chi connectivity index (χ3n) is 5.89. The standard InChI is InChI=1S/C25H27N3O/c26-24(29)25(14-6-16-28(19-25)18-23-9-4-5-15-27-23)17-20-10-12-22(13-11-20)21-7-2-1-3-8-21/h1-5,7-13,15H,6,14,16-19H2,(H2,26,29)/t25-/m1/s1. The van der Waals surface area contributed by atoms with Gasteiger partial charge in [-0.15, -0.1) is 0 Å². The third kappa shape index (κ3) is 4.54. The molecule has 4 nitrogen and oxygen atoms in total. The Hall–Kier alpha value is -2.98. The van der Waals surface area contributed by atoms with Gasteiger partial charge in [0.1, 0.15) is 0 Å². The van der Waals surface area contributed by atoms with Crippen LogP contribution in [0.4, 0.5) is 0 Å². The van der Waals surface area contributed by atoms with E-state index in [0.717, 1.165) is 37.2 Å². The quantitative estimate of drug-likeness (QED) is 0.696. The predicted octanol–water partition coefficient (Wildman–Crippen LogP) is 4.06. The summed E-state index contributed by atoms with van der Waals surface area (Å²) in [5, 5.41) is 0. The van der Waals surface area contributed by atoms with Gasteiger partial charge in [-0.3, -0.25) is 14.7 Å². The summed E-state index contributed by atoms with van der Waals surface area (Å²) in [5.74, 6) is -0.199. The van der Waals surface area contributed by atoms with Crippen molar-refractivity contribution in [2.24, 2.45) is 11.1 Å². The molecule has 3 aromatic rings. The number of primary amides is 1. The summed E-state index contributed by atoms with van der Waals surface area (Å²) in [7, 11) is 0. The number of piperidine rings is 1. The second-order valence-corrected chi connectivity index (χ2v) is 8.02. The van der Waals surface area contributed by atoms with Gasteiger partial charge in [0.25, 0.3) is 0 Å². The first-order valence-electron chi connectivity index (χ1n) is 10.2. The minimum atomic E-state index is -0.526. The Balaban J connectivity index is 1.50. The smallest absolute Gasteiger partial charge is 0.225 e. The number of hydrogen-bond acceptors (Lipinski definition) is 3. The Kier molecular flexibility index (Phi) is 5.72. The van der Waals surface area contributed by atoms with Gasteiger partial charge in [0, 0.05) is 19.3 Å². The maximum absolute atomic E-state index is 12.5. The number of aromatic nitrogens is 1. The maximum Gasteiger partial charge on any atom is 0.225 e. The topological polar surface area (TPSA) is 59.2 Å². The predicted molar refractivity (Wildman–Crippen MR) is 116 cm³/mol. The van der Waals surface area contributed by atoms with Crippen molar-refractivity contribution >= 4 is 5.91 Å². The van der Waals surface area contributed by atoms with Crippen molar-refractivity contribution in [3.63, 3.8) is 0 Å². The number of amides is 1. The van der Waals surface area contributed by atoms with E-state index in [1.165, 1.54) is 11.1 Å². The molecule has 2 aromatic carbocycles. The van der Waals surface area contributed by atoms with Crippen LogP contribution in [0.3, 0.4) is 0 Å². The fourth-order valence-electron chi connectivity index (χ4n) is 4.35. The number of carbonyl (C=O) groups is 1. The van der Waals surface area contributed by atoms with Crippen molar-refractivity contribution in [2.75, 3.05) is 13.1 Å². The molecule has 1 aliphatic heterocycles. The molecule has 1 amide bonds. The van der Waals surface area contributed by atoms with E-state index >= 15 is 0 Å². The van der Waals surface area contributed by atoms with Crippen LogP contribution in [0.15, 0.2) is 79.0 Å². The highest BCUT2D eigenvalue weighted by atomic mass is 16.1. The Morgan fingerprint density at radius 1 is 0.966 bits per heavy atom. The lowest BCUT2D eigenvalue weighted by Crippen LogP contribution is -2.51. The molecular weight excluding hydrogens is 358 g/mol. The minimum Gasteiger partial charge on any atom is -0.369 e. The lowest BCUT2D eigenvalue weighted by molar-refractivity contribution is -0.131. The van der Waals surface area contributed by atoms with Crippen LogP contribution in [-0.2, 0) is 17.8 Å². The second-order valence-electron chi connectivity index (χ2n) is 8.02. The van der Waals surface area contributed by atoms with Gasteiger partial charge in [-0.25, -0.2) is 0 Å². The first-order valence-corrected chi connectivity index (χ1v) is 10.2. The third-order valence-corrected chi connectivity index (χ3v) is 5.89. The largest absolute Gasteiger partial charge is 0.369 e. The van der Waals surface area contributed by atoms with Gasteiger partial charge in [0.05, 0.1) is 11.1 Å². The number of pyridine rings is 1. The molecule has 0 saturated carbocycles. The van der Waals surface area contributed by atoms with E-state index in [1.54, 1.807) is 0 Å². The van der Waals surface area contributed by atoms with Gasteiger partial charge in [0.2, 0.25) is 5.91 Å². The number of nitrogens with two attached hydrogens (primary N) is 1. The van der Waals surface area contributed by atoms with Crippen LogP contribution >= 0.6 is 0 Å². The van der Waals surface area contributed by atoms with E-state index in [9.17, 15) is 4.79 Å². The molecule has 1 atom stereocenters. The molecule has 4 rings (SSSR count). The molecule has 0 bridgehead atoms. The first-order chi connectivity index (χ1) is 14.1. The van der Waals surface area contributed by atoms with Crippen molar-refractivity contribution < 1.29 is 4.79 Å². The average molecular weight is 386 g/mol. The molecule has 2 heterocycles. The molecule has 0 radical (unpaired) electrons. The van der Waals surface area contributed by atoms with Gasteiger partial charge < -0.3 is 5.73 Å². The highest BCUT2D eigenvalue weighted by Gasteiger charge is 2.40. The first kappa shape index (κ1) is 19.3. The lowest BCUT2D eigenvalue weighted by Gasteiger charge is -2.40. The highest BCUT2D eigenvalue weighted by molar-refractivity contribution is 5.81. The molecule has 29 heavy (non-hydrogen) atoms. The Labute approximate surface area is 172 Å². The van der Waals surface area contributed by atoms with E-state index in [0.29, 0.717) is 13.0 Å². The molecule has 2 N–H and O–H groups in total. The van der Waals surface area contributed by atoms with E-state index < -0.39 is 5.41 Å². The van der Waals surface area contributed by atoms with Crippen molar-refractivity contribution in [1.29, 1.82) is 0 Å². The summed E-state index contributed by atoms with van der Waals surface area (Å²) in [6, 6.07) is 24.8. The zero-order valence-corrected chi connectivity index (χ0v) is 16.6. The summed E-state index contributed by atoms with van der Waals surface area (Å²) < 4.78 is 0. The number of benzene rings is 2. The number of carbonyl (C=O) groups excluding carboxylic acids is 1. The van der Waals surface area contributed by atoms with Gasteiger partial charge in [-0.05, 0) is 54.6 Å². The van der Waals surface area contributed by atoms with Crippen LogP contribution in [0, 0.1) is 5.41 Å². The SMILES string of the molecule is NC(=O)[C@@]1(Cc2ccc(-c3ccccc3)cc2)CCCN(Cc2ccccn2)C1. The van der Waals surface area contributed by atoms with E-state index in [2.05, 4.69) is 46.3 Å². The highest BCUT2D eigenvalue weighted by Crippen LogP contribution is 2.34. The zero-order valence-electron chi connectivity index (χ0n) is 16.6. The van der Waals surface area contributed by atoms with E-state index in [1.807, 2.05) is 42.6 Å². The average Bonchev–Trinajstić information content (AvgIpc) is 2.76. The van der Waals surface area contributed by atoms with Crippen LogP contribution in [0.1, 0.15) is 24.1 Å². The van der Waals surface area contributed by atoms with Gasteiger partial charge >= 0.3 is 0 Å². The zero-order chi connectivity index (χ0) is 20.1. The fraction of sp³-hybridized carbons (Fsp3) is 0.280. The van der Waals surface area contributed by atoms with E-state index in [-0.39, 0.29) is 5.91 Å². The number of hydrogen-bond donors (Lipinski definition) is 1. The van der Waals surface area contributed by atoms with Crippen LogP contribution in [0.2, 0.25) is 0 Å². The molecule has 1 aromatic heterocycles.